The molecule has 1 aromatic rings. The number of aliphatic hydroxyl groups is 1. The molecule has 27 heavy (non-hydrogen) atoms. The third kappa shape index (κ3) is 7.84. The van der Waals surface area contributed by atoms with Crippen LogP contribution in [0, 0.1) is 0 Å². The average molecular weight is 380 g/mol. The van der Waals surface area contributed by atoms with Crippen molar-refractivity contribution in [2.45, 2.75) is 31.5 Å². The molecule has 0 aliphatic rings. The normalized spacial score (nSPS) is 13.7. The SMILES string of the molecule is CC(NC(=O)CNC(=O)C(CO)NC(=O)C(N)Cc1ccccc1)C(=O)O. The van der Waals surface area contributed by atoms with Crippen molar-refractivity contribution in [3.63, 3.8) is 0 Å². The van der Waals surface area contributed by atoms with Crippen molar-refractivity contribution in [2.24, 2.45) is 5.73 Å². The summed E-state index contributed by atoms with van der Waals surface area (Å²) in [6.07, 6.45) is 0.252. The Kier molecular flexibility index (Phi) is 8.90. The van der Waals surface area contributed by atoms with Crippen LogP contribution in [0.25, 0.3) is 0 Å². The first-order valence-corrected chi connectivity index (χ1v) is 8.25. The summed E-state index contributed by atoms with van der Waals surface area (Å²) in [6, 6.07) is 5.73. The molecule has 1 aromatic carbocycles. The first kappa shape index (κ1) is 22.1. The monoisotopic (exact) mass is 380 g/mol. The van der Waals surface area contributed by atoms with Gasteiger partial charge in [0, 0.05) is 0 Å². The Labute approximate surface area is 156 Å². The summed E-state index contributed by atoms with van der Waals surface area (Å²) < 4.78 is 0. The van der Waals surface area contributed by atoms with Crippen LogP contribution in [-0.2, 0) is 25.6 Å². The van der Waals surface area contributed by atoms with Crippen molar-refractivity contribution in [1.82, 2.24) is 16.0 Å². The topological polar surface area (TPSA) is 171 Å². The van der Waals surface area contributed by atoms with E-state index in [-0.39, 0.29) is 6.42 Å². The molecule has 3 amide bonds. The van der Waals surface area contributed by atoms with Gasteiger partial charge < -0.3 is 31.9 Å². The molecule has 7 N–H and O–H groups in total. The van der Waals surface area contributed by atoms with Crippen LogP contribution in [0.2, 0.25) is 0 Å². The van der Waals surface area contributed by atoms with Gasteiger partial charge in [0.1, 0.15) is 12.1 Å². The van der Waals surface area contributed by atoms with E-state index in [9.17, 15) is 24.3 Å². The number of carboxylic acid groups (broad SMARTS) is 1. The van der Waals surface area contributed by atoms with Crippen molar-refractivity contribution in [2.75, 3.05) is 13.2 Å². The Hall–Kier alpha value is -2.98. The second-order valence-corrected chi connectivity index (χ2v) is 5.89. The van der Waals surface area contributed by atoms with E-state index in [0.29, 0.717) is 0 Å². The summed E-state index contributed by atoms with van der Waals surface area (Å²) in [7, 11) is 0. The van der Waals surface area contributed by atoms with Gasteiger partial charge in [0.15, 0.2) is 0 Å². The Morgan fingerprint density at radius 2 is 1.70 bits per heavy atom. The molecule has 10 heteroatoms. The highest BCUT2D eigenvalue weighted by Gasteiger charge is 2.24. The van der Waals surface area contributed by atoms with Crippen LogP contribution >= 0.6 is 0 Å². The van der Waals surface area contributed by atoms with Crippen LogP contribution < -0.4 is 21.7 Å². The Bertz CT molecular complexity index is 667. The number of nitrogens with one attached hydrogen (secondary N) is 3. The number of carbonyl (C=O) groups excluding carboxylic acids is 3. The molecule has 0 bridgehead atoms. The summed E-state index contributed by atoms with van der Waals surface area (Å²) in [5.41, 5.74) is 6.65. The smallest absolute Gasteiger partial charge is 0.325 e. The summed E-state index contributed by atoms with van der Waals surface area (Å²) in [5.74, 6) is -3.36. The van der Waals surface area contributed by atoms with Gasteiger partial charge in [0.05, 0.1) is 19.2 Å². The van der Waals surface area contributed by atoms with E-state index in [2.05, 4.69) is 16.0 Å². The molecule has 10 nitrogen and oxygen atoms in total. The Morgan fingerprint density at radius 1 is 1.07 bits per heavy atom. The number of aliphatic carboxylic acids is 1. The number of aliphatic hydroxyl groups excluding tert-OH is 1. The highest BCUT2D eigenvalue weighted by atomic mass is 16.4. The maximum absolute atomic E-state index is 12.1. The minimum absolute atomic E-state index is 0.252. The number of nitrogens with two attached hydrogens (primary N) is 1. The molecule has 0 aromatic heterocycles. The van der Waals surface area contributed by atoms with Gasteiger partial charge in [0.25, 0.3) is 0 Å². The molecular weight excluding hydrogens is 356 g/mol. The zero-order valence-corrected chi connectivity index (χ0v) is 14.8. The molecule has 0 saturated carbocycles. The van der Waals surface area contributed by atoms with Gasteiger partial charge in [-0.15, -0.1) is 0 Å². The van der Waals surface area contributed by atoms with Crippen molar-refractivity contribution < 1.29 is 29.4 Å². The lowest BCUT2D eigenvalue weighted by Gasteiger charge is -2.19. The van der Waals surface area contributed by atoms with E-state index in [4.69, 9.17) is 10.8 Å². The zero-order valence-electron chi connectivity index (χ0n) is 14.8. The second kappa shape index (κ2) is 10.9. The van der Waals surface area contributed by atoms with Crippen LogP contribution in [0.1, 0.15) is 12.5 Å². The molecular formula is C17H24N4O6. The van der Waals surface area contributed by atoms with Crippen LogP contribution in [0.5, 0.6) is 0 Å². The Balaban J connectivity index is 2.49. The summed E-state index contributed by atoms with van der Waals surface area (Å²) in [5, 5.41) is 24.7. The molecule has 0 aliphatic carbocycles. The molecule has 0 aliphatic heterocycles. The van der Waals surface area contributed by atoms with Crippen molar-refractivity contribution >= 4 is 23.7 Å². The summed E-state index contributed by atoms with van der Waals surface area (Å²) >= 11 is 0. The van der Waals surface area contributed by atoms with Gasteiger partial charge in [-0.3, -0.25) is 19.2 Å². The predicted octanol–water partition coefficient (Wildman–Crippen LogP) is -2.26. The van der Waals surface area contributed by atoms with Gasteiger partial charge in [0.2, 0.25) is 17.7 Å². The molecule has 148 valence electrons. The van der Waals surface area contributed by atoms with Gasteiger partial charge in [-0.05, 0) is 18.9 Å². The lowest BCUT2D eigenvalue weighted by Crippen LogP contribution is -2.55. The lowest BCUT2D eigenvalue weighted by molar-refractivity contribution is -0.141. The highest BCUT2D eigenvalue weighted by Crippen LogP contribution is 2.02. The largest absolute Gasteiger partial charge is 0.480 e. The number of benzene rings is 1. The van der Waals surface area contributed by atoms with Crippen molar-refractivity contribution in [3.8, 4) is 0 Å². The van der Waals surface area contributed by atoms with Crippen molar-refractivity contribution in [1.29, 1.82) is 0 Å². The number of hydrogen-bond acceptors (Lipinski definition) is 6. The first-order valence-electron chi connectivity index (χ1n) is 8.25. The third-order valence-corrected chi connectivity index (χ3v) is 3.62. The highest BCUT2D eigenvalue weighted by molar-refractivity contribution is 5.92. The van der Waals surface area contributed by atoms with E-state index >= 15 is 0 Å². The van der Waals surface area contributed by atoms with Gasteiger partial charge in [-0.2, -0.15) is 0 Å². The molecule has 0 heterocycles. The quantitative estimate of drug-likeness (QED) is 0.266. The fourth-order valence-corrected chi connectivity index (χ4v) is 2.08. The number of carbonyl (C=O) groups is 4. The number of rotatable bonds is 10. The molecule has 3 atom stereocenters. The maximum atomic E-state index is 12.1. The fourth-order valence-electron chi connectivity index (χ4n) is 2.08. The average Bonchev–Trinajstić information content (AvgIpc) is 2.64. The van der Waals surface area contributed by atoms with Gasteiger partial charge >= 0.3 is 5.97 Å². The van der Waals surface area contributed by atoms with E-state index in [1.54, 1.807) is 24.3 Å². The second-order valence-electron chi connectivity index (χ2n) is 5.89. The predicted molar refractivity (Wildman–Crippen MR) is 95.4 cm³/mol. The molecule has 0 spiro atoms. The van der Waals surface area contributed by atoms with Crippen LogP contribution in [0.15, 0.2) is 30.3 Å². The van der Waals surface area contributed by atoms with E-state index < -0.39 is 55.0 Å². The fraction of sp³-hybridized carbons (Fsp3) is 0.412. The zero-order chi connectivity index (χ0) is 20.4. The first-order chi connectivity index (χ1) is 12.7. The number of carboxylic acids is 1. The lowest BCUT2D eigenvalue weighted by atomic mass is 10.1. The van der Waals surface area contributed by atoms with Crippen LogP contribution in [-0.4, -0.2) is 65.2 Å². The molecule has 0 radical (unpaired) electrons. The van der Waals surface area contributed by atoms with E-state index in [1.165, 1.54) is 6.92 Å². The molecule has 1 rings (SSSR count). The van der Waals surface area contributed by atoms with Crippen molar-refractivity contribution in [3.05, 3.63) is 35.9 Å². The summed E-state index contributed by atoms with van der Waals surface area (Å²) in [4.78, 5) is 46.3. The standard InChI is InChI=1S/C17H24N4O6/c1-10(17(26)27)20-14(23)8-19-16(25)13(9-22)21-15(24)12(18)7-11-5-3-2-4-6-11/h2-6,10,12-13,22H,7-9,18H2,1H3,(H,19,25)(H,20,23)(H,21,24)(H,26,27). The minimum atomic E-state index is -1.29. The maximum Gasteiger partial charge on any atom is 0.325 e. The summed E-state index contributed by atoms with van der Waals surface area (Å²) in [6.45, 7) is 0.0780. The Morgan fingerprint density at radius 3 is 2.26 bits per heavy atom. The van der Waals surface area contributed by atoms with E-state index in [1.807, 2.05) is 6.07 Å². The number of amides is 3. The van der Waals surface area contributed by atoms with Gasteiger partial charge in [-0.1, -0.05) is 30.3 Å². The molecule has 0 fully saturated rings. The number of hydrogen-bond donors (Lipinski definition) is 6. The van der Waals surface area contributed by atoms with Crippen LogP contribution in [0.4, 0.5) is 0 Å². The van der Waals surface area contributed by atoms with Crippen LogP contribution in [0.3, 0.4) is 0 Å². The third-order valence-electron chi connectivity index (χ3n) is 3.62. The van der Waals surface area contributed by atoms with Gasteiger partial charge in [-0.25, -0.2) is 0 Å². The minimum Gasteiger partial charge on any atom is -0.480 e. The molecule has 0 saturated heterocycles. The molecule has 3 unspecified atom stereocenters. The van der Waals surface area contributed by atoms with E-state index in [0.717, 1.165) is 5.56 Å².